The number of aromatic nitrogens is 1. The Morgan fingerprint density at radius 1 is 1.14 bits per heavy atom. The predicted octanol–water partition coefficient (Wildman–Crippen LogP) is 2.47. The van der Waals surface area contributed by atoms with Crippen LogP contribution in [0.3, 0.4) is 0 Å². The van der Waals surface area contributed by atoms with Crippen molar-refractivity contribution in [3.05, 3.63) is 48.4 Å². The zero-order valence-electron chi connectivity index (χ0n) is 7.44. The van der Waals surface area contributed by atoms with E-state index in [1.165, 1.54) is 6.07 Å². The Morgan fingerprint density at radius 3 is 2.64 bits per heavy atom. The zero-order chi connectivity index (χ0) is 9.97. The van der Waals surface area contributed by atoms with Crippen molar-refractivity contribution in [1.29, 1.82) is 0 Å². The fourth-order valence-corrected chi connectivity index (χ4v) is 1.31. The van der Waals surface area contributed by atoms with E-state index in [0.717, 1.165) is 5.56 Å². The molecule has 0 aliphatic rings. The molecule has 0 unspecified atom stereocenters. The van der Waals surface area contributed by atoms with Gasteiger partial charge < -0.3 is 5.73 Å². The largest absolute Gasteiger partial charge is 0.384 e. The quantitative estimate of drug-likeness (QED) is 0.746. The maximum Gasteiger partial charge on any atom is 0.131 e. The minimum Gasteiger partial charge on any atom is -0.384 e. The Bertz CT molecular complexity index is 455. The van der Waals surface area contributed by atoms with Crippen molar-refractivity contribution in [3.8, 4) is 11.1 Å². The number of nitrogens with two attached hydrogens (primary N) is 1. The van der Waals surface area contributed by atoms with Crippen LogP contribution in [-0.4, -0.2) is 4.98 Å². The number of benzene rings is 1. The average molecular weight is 188 g/mol. The summed E-state index contributed by atoms with van der Waals surface area (Å²) in [6.45, 7) is 0. The summed E-state index contributed by atoms with van der Waals surface area (Å²) in [5, 5.41) is 0. The normalized spacial score (nSPS) is 10.1. The predicted molar refractivity (Wildman–Crippen MR) is 54.0 cm³/mol. The van der Waals surface area contributed by atoms with Crippen LogP contribution in [0.25, 0.3) is 11.1 Å². The number of nitrogen functional groups attached to an aromatic ring is 1. The first-order valence-corrected chi connectivity index (χ1v) is 4.24. The molecule has 0 aliphatic carbocycles. The highest BCUT2D eigenvalue weighted by molar-refractivity contribution is 5.66. The van der Waals surface area contributed by atoms with Crippen LogP contribution in [0.15, 0.2) is 42.6 Å². The van der Waals surface area contributed by atoms with Crippen LogP contribution < -0.4 is 5.73 Å². The first kappa shape index (κ1) is 8.69. The molecule has 1 aromatic heterocycles. The molecular weight excluding hydrogens is 179 g/mol. The Kier molecular flexibility index (Phi) is 2.14. The summed E-state index contributed by atoms with van der Waals surface area (Å²) in [5.41, 5.74) is 6.80. The fourth-order valence-electron chi connectivity index (χ4n) is 1.31. The van der Waals surface area contributed by atoms with Crippen LogP contribution in [0, 0.1) is 5.82 Å². The zero-order valence-corrected chi connectivity index (χ0v) is 7.44. The number of halogens is 1. The van der Waals surface area contributed by atoms with Crippen LogP contribution in [0.2, 0.25) is 0 Å². The van der Waals surface area contributed by atoms with Crippen molar-refractivity contribution in [3.63, 3.8) is 0 Å². The standard InChI is InChI=1S/C11H9FN2/c12-10-4-2-1-3-9(10)8-5-6-14-11(13)7-8/h1-7H,(H2,13,14). The monoisotopic (exact) mass is 188 g/mol. The molecule has 0 atom stereocenters. The lowest BCUT2D eigenvalue weighted by atomic mass is 10.1. The third-order valence-corrected chi connectivity index (χ3v) is 1.97. The van der Waals surface area contributed by atoms with Crippen molar-refractivity contribution in [2.75, 3.05) is 5.73 Å². The van der Waals surface area contributed by atoms with E-state index >= 15 is 0 Å². The maximum absolute atomic E-state index is 13.3. The second-order valence-corrected chi connectivity index (χ2v) is 2.95. The first-order chi connectivity index (χ1) is 6.77. The van der Waals surface area contributed by atoms with Gasteiger partial charge in [-0.25, -0.2) is 9.37 Å². The molecule has 2 N–H and O–H groups in total. The van der Waals surface area contributed by atoms with Crippen LogP contribution in [-0.2, 0) is 0 Å². The van der Waals surface area contributed by atoms with E-state index in [1.54, 1.807) is 36.5 Å². The molecule has 1 aromatic carbocycles. The molecule has 0 amide bonds. The highest BCUT2D eigenvalue weighted by atomic mass is 19.1. The van der Waals surface area contributed by atoms with Gasteiger partial charge in [0.15, 0.2) is 0 Å². The van der Waals surface area contributed by atoms with Crippen LogP contribution in [0.1, 0.15) is 0 Å². The van der Waals surface area contributed by atoms with Gasteiger partial charge >= 0.3 is 0 Å². The van der Waals surface area contributed by atoms with E-state index < -0.39 is 0 Å². The SMILES string of the molecule is Nc1cc(-c2ccccc2F)ccn1. The lowest BCUT2D eigenvalue weighted by Gasteiger charge is -2.02. The van der Waals surface area contributed by atoms with Crippen molar-refractivity contribution in [2.24, 2.45) is 0 Å². The molecule has 1 heterocycles. The Morgan fingerprint density at radius 2 is 1.93 bits per heavy atom. The summed E-state index contributed by atoms with van der Waals surface area (Å²) in [7, 11) is 0. The minimum atomic E-state index is -0.252. The molecule has 0 bridgehead atoms. The second-order valence-electron chi connectivity index (χ2n) is 2.95. The molecule has 0 saturated carbocycles. The Labute approximate surface area is 81.2 Å². The third kappa shape index (κ3) is 1.57. The van der Waals surface area contributed by atoms with Crippen molar-refractivity contribution in [1.82, 2.24) is 4.98 Å². The van der Waals surface area contributed by atoms with Gasteiger partial charge in [0, 0.05) is 11.8 Å². The topological polar surface area (TPSA) is 38.9 Å². The Balaban J connectivity index is 2.55. The lowest BCUT2D eigenvalue weighted by Crippen LogP contribution is -1.90. The smallest absolute Gasteiger partial charge is 0.131 e. The van der Waals surface area contributed by atoms with Crippen molar-refractivity contribution >= 4 is 5.82 Å². The molecular formula is C11H9FN2. The molecule has 0 saturated heterocycles. The molecule has 0 spiro atoms. The van der Waals surface area contributed by atoms with Gasteiger partial charge in [-0.1, -0.05) is 18.2 Å². The number of nitrogens with zero attached hydrogens (tertiary/aromatic N) is 1. The summed E-state index contributed by atoms with van der Waals surface area (Å²) in [5.74, 6) is 0.142. The van der Waals surface area contributed by atoms with E-state index in [0.29, 0.717) is 11.4 Å². The molecule has 2 rings (SSSR count). The first-order valence-electron chi connectivity index (χ1n) is 4.24. The van der Waals surface area contributed by atoms with Crippen LogP contribution in [0.5, 0.6) is 0 Å². The van der Waals surface area contributed by atoms with Crippen molar-refractivity contribution < 1.29 is 4.39 Å². The summed E-state index contributed by atoms with van der Waals surface area (Å²) in [6.07, 6.45) is 1.57. The average Bonchev–Trinajstić information content (AvgIpc) is 2.18. The van der Waals surface area contributed by atoms with Gasteiger partial charge in [0.2, 0.25) is 0 Å². The van der Waals surface area contributed by atoms with Crippen LogP contribution in [0.4, 0.5) is 10.2 Å². The summed E-state index contributed by atoms with van der Waals surface area (Å²) in [6, 6.07) is 9.96. The number of hydrogen-bond donors (Lipinski definition) is 1. The molecule has 2 aromatic rings. The van der Waals surface area contributed by atoms with Gasteiger partial charge in [0.1, 0.15) is 11.6 Å². The minimum absolute atomic E-state index is 0.252. The number of rotatable bonds is 1. The number of pyridine rings is 1. The Hall–Kier alpha value is -1.90. The van der Waals surface area contributed by atoms with E-state index in [2.05, 4.69) is 4.98 Å². The van der Waals surface area contributed by atoms with Gasteiger partial charge in [-0.15, -0.1) is 0 Å². The molecule has 70 valence electrons. The highest BCUT2D eigenvalue weighted by Crippen LogP contribution is 2.22. The fraction of sp³-hybridized carbons (Fsp3) is 0. The molecule has 0 radical (unpaired) electrons. The summed E-state index contributed by atoms with van der Waals surface area (Å²) < 4.78 is 13.3. The second kappa shape index (κ2) is 3.46. The summed E-state index contributed by atoms with van der Waals surface area (Å²) in [4.78, 5) is 3.85. The number of hydrogen-bond acceptors (Lipinski definition) is 2. The van der Waals surface area contributed by atoms with E-state index in [-0.39, 0.29) is 5.82 Å². The molecule has 14 heavy (non-hydrogen) atoms. The van der Waals surface area contributed by atoms with Crippen LogP contribution >= 0.6 is 0 Å². The van der Waals surface area contributed by atoms with Gasteiger partial charge in [0.05, 0.1) is 0 Å². The maximum atomic E-state index is 13.3. The summed E-state index contributed by atoms with van der Waals surface area (Å²) >= 11 is 0. The van der Waals surface area contributed by atoms with Gasteiger partial charge in [-0.3, -0.25) is 0 Å². The van der Waals surface area contributed by atoms with E-state index in [9.17, 15) is 4.39 Å². The van der Waals surface area contributed by atoms with Gasteiger partial charge in [-0.2, -0.15) is 0 Å². The molecule has 3 heteroatoms. The number of anilines is 1. The lowest BCUT2D eigenvalue weighted by molar-refractivity contribution is 0.631. The third-order valence-electron chi connectivity index (χ3n) is 1.97. The molecule has 0 aliphatic heterocycles. The molecule has 2 nitrogen and oxygen atoms in total. The van der Waals surface area contributed by atoms with Gasteiger partial charge in [-0.05, 0) is 23.8 Å². The molecule has 0 fully saturated rings. The van der Waals surface area contributed by atoms with Crippen molar-refractivity contribution in [2.45, 2.75) is 0 Å². The van der Waals surface area contributed by atoms with E-state index in [4.69, 9.17) is 5.73 Å². The van der Waals surface area contributed by atoms with E-state index in [1.807, 2.05) is 0 Å². The van der Waals surface area contributed by atoms with Gasteiger partial charge in [0.25, 0.3) is 0 Å². The highest BCUT2D eigenvalue weighted by Gasteiger charge is 2.03.